The van der Waals surface area contributed by atoms with Crippen LogP contribution in [0.3, 0.4) is 0 Å². The van der Waals surface area contributed by atoms with Gasteiger partial charge in [-0.3, -0.25) is 14.4 Å². The number of ether oxygens (including phenoxy) is 2. The summed E-state index contributed by atoms with van der Waals surface area (Å²) in [7, 11) is 0. The average Bonchev–Trinajstić information content (AvgIpc) is 3.85. The predicted molar refractivity (Wildman–Crippen MR) is 169 cm³/mol. The number of fused-ring (bicyclic) bond motifs is 7. The molecule has 0 aromatic carbocycles. The summed E-state index contributed by atoms with van der Waals surface area (Å²) in [5, 5.41) is 8.94. The van der Waals surface area contributed by atoms with Crippen molar-refractivity contribution < 1.29 is 29.0 Å². The van der Waals surface area contributed by atoms with E-state index in [1.54, 1.807) is 0 Å². The molecule has 8 aliphatic rings. The average molecular weight is 613 g/mol. The van der Waals surface area contributed by atoms with Crippen molar-refractivity contribution in [1.29, 1.82) is 0 Å². The van der Waals surface area contributed by atoms with Crippen LogP contribution in [0.15, 0.2) is 0 Å². The summed E-state index contributed by atoms with van der Waals surface area (Å²) in [5.41, 5.74) is -0.138. The summed E-state index contributed by atoms with van der Waals surface area (Å²) in [4.78, 5) is 35.1. The molecule has 14 unspecified atom stereocenters. The lowest BCUT2D eigenvalue weighted by Gasteiger charge is -2.37. The van der Waals surface area contributed by atoms with Gasteiger partial charge in [0.2, 0.25) is 0 Å². The van der Waals surface area contributed by atoms with Gasteiger partial charge in [0.05, 0.1) is 23.9 Å². The molecule has 6 bridgehead atoms. The van der Waals surface area contributed by atoms with Gasteiger partial charge in [-0.15, -0.1) is 0 Å². The van der Waals surface area contributed by atoms with Gasteiger partial charge in [0.1, 0.15) is 5.60 Å². The van der Waals surface area contributed by atoms with E-state index in [4.69, 9.17) is 14.6 Å². The smallest absolute Gasteiger partial charge is 0.312 e. The fourth-order valence-electron chi connectivity index (χ4n) is 12.2. The van der Waals surface area contributed by atoms with Gasteiger partial charge in [0.15, 0.2) is 0 Å². The van der Waals surface area contributed by atoms with E-state index < -0.39 is 5.97 Å². The molecule has 8 rings (SSSR count). The van der Waals surface area contributed by atoms with Crippen molar-refractivity contribution in [3.8, 4) is 0 Å². The highest BCUT2D eigenvalue weighted by atomic mass is 16.6. The molecule has 7 aliphatic carbocycles. The van der Waals surface area contributed by atoms with Crippen LogP contribution in [0.5, 0.6) is 0 Å². The highest BCUT2D eigenvalue weighted by molar-refractivity contribution is 5.80. The van der Waals surface area contributed by atoms with Gasteiger partial charge in [0.25, 0.3) is 0 Å². The lowest BCUT2D eigenvalue weighted by Crippen LogP contribution is -2.38. The van der Waals surface area contributed by atoms with Crippen molar-refractivity contribution in [3.63, 3.8) is 0 Å². The number of cyclic esters (lactones) is 1. The molecule has 0 radical (unpaired) electrons. The molecule has 1 heterocycles. The molecule has 7 saturated carbocycles. The highest BCUT2D eigenvalue weighted by Gasteiger charge is 2.63. The van der Waals surface area contributed by atoms with E-state index in [1.807, 2.05) is 0 Å². The molecule has 6 nitrogen and oxygen atoms in total. The Balaban J connectivity index is 0.000000120. The van der Waals surface area contributed by atoms with Crippen LogP contribution >= 0.6 is 0 Å². The lowest BCUT2D eigenvalue weighted by molar-refractivity contribution is -0.167. The minimum absolute atomic E-state index is 0.0267. The second kappa shape index (κ2) is 12.2. The van der Waals surface area contributed by atoms with Crippen LogP contribution in [-0.2, 0) is 23.9 Å². The van der Waals surface area contributed by atoms with Crippen LogP contribution in [0.2, 0.25) is 0 Å². The molecular weight excluding hydrogens is 552 g/mol. The van der Waals surface area contributed by atoms with E-state index in [0.29, 0.717) is 36.2 Å². The van der Waals surface area contributed by atoms with Crippen molar-refractivity contribution in [1.82, 2.24) is 0 Å². The predicted octanol–water partition coefficient (Wildman–Crippen LogP) is 8.17. The maximum absolute atomic E-state index is 12.4. The Kier molecular flexibility index (Phi) is 8.98. The Morgan fingerprint density at radius 2 is 1.48 bits per heavy atom. The summed E-state index contributed by atoms with van der Waals surface area (Å²) in [6.45, 7) is 14.3. The third kappa shape index (κ3) is 5.44. The molecule has 248 valence electrons. The summed E-state index contributed by atoms with van der Waals surface area (Å²) in [6.07, 6.45) is 14.8. The Morgan fingerprint density at radius 1 is 0.795 bits per heavy atom. The fraction of sp³-hybridized carbons (Fsp3) is 0.921. The van der Waals surface area contributed by atoms with Gasteiger partial charge >= 0.3 is 17.9 Å². The normalized spacial score (nSPS) is 48.6. The molecule has 0 aromatic rings. The quantitative estimate of drug-likeness (QED) is 0.322. The zero-order valence-corrected chi connectivity index (χ0v) is 28.4. The van der Waals surface area contributed by atoms with Crippen molar-refractivity contribution >= 4 is 17.9 Å². The van der Waals surface area contributed by atoms with E-state index in [-0.39, 0.29) is 34.8 Å². The van der Waals surface area contributed by atoms with Crippen LogP contribution < -0.4 is 0 Å². The molecule has 1 N–H and O–H groups in total. The molecule has 1 spiro atoms. The number of hydrogen-bond donors (Lipinski definition) is 1. The van der Waals surface area contributed by atoms with Crippen LogP contribution in [0.25, 0.3) is 0 Å². The van der Waals surface area contributed by atoms with Gasteiger partial charge < -0.3 is 14.6 Å². The van der Waals surface area contributed by atoms with Crippen LogP contribution in [0.4, 0.5) is 0 Å². The molecular formula is C38H60O6. The van der Waals surface area contributed by atoms with Crippen LogP contribution in [0, 0.1) is 82.3 Å². The zero-order valence-electron chi connectivity index (χ0n) is 28.4. The molecule has 6 heteroatoms. The summed E-state index contributed by atoms with van der Waals surface area (Å²) in [5.74, 6) is 7.67. The standard InChI is InChI=1S/C16H26O2.C12H18O2.C10H16O2/c1-3-16(6-4-5-7-16)18-15(17)14-10-12-9-13(14)8-11(12)2;1-7-8(2)10-5-9(7)6-12(10)3-4-14-11(12)13;1-5-6(2)8-3-7(5)4-9(8)10(11)12/h11-14H,3-10H2,1-2H3;7-10H,3-6H2,1-2H3;5-9H,3-4H2,1-2H3,(H,11,12). The first-order chi connectivity index (χ1) is 20.9. The maximum Gasteiger partial charge on any atom is 0.312 e. The fourth-order valence-corrected chi connectivity index (χ4v) is 12.2. The number of rotatable bonds is 4. The van der Waals surface area contributed by atoms with Gasteiger partial charge in [0, 0.05) is 0 Å². The topological polar surface area (TPSA) is 89.9 Å². The largest absolute Gasteiger partial charge is 0.481 e. The first-order valence-electron chi connectivity index (χ1n) is 18.5. The third-order valence-electron chi connectivity index (χ3n) is 15.5. The second-order valence-electron chi connectivity index (χ2n) is 17.1. The van der Waals surface area contributed by atoms with Gasteiger partial charge in [-0.2, -0.15) is 0 Å². The third-order valence-corrected chi connectivity index (χ3v) is 15.5. The number of esters is 2. The summed E-state index contributed by atoms with van der Waals surface area (Å²) < 4.78 is 11.2. The van der Waals surface area contributed by atoms with E-state index in [2.05, 4.69) is 41.5 Å². The van der Waals surface area contributed by atoms with Gasteiger partial charge in [-0.05, 0) is 149 Å². The van der Waals surface area contributed by atoms with Gasteiger partial charge in [-0.25, -0.2) is 0 Å². The highest BCUT2D eigenvalue weighted by Crippen LogP contribution is 2.64. The zero-order chi connectivity index (χ0) is 31.6. The Hall–Kier alpha value is -1.59. The Bertz CT molecular complexity index is 1090. The number of aliphatic carboxylic acids is 1. The number of carbonyl (C=O) groups is 3. The first kappa shape index (κ1) is 32.4. The number of carboxylic acids is 1. The van der Waals surface area contributed by atoms with Crippen LogP contribution in [0.1, 0.15) is 125 Å². The minimum Gasteiger partial charge on any atom is -0.481 e. The molecule has 0 aromatic heterocycles. The molecule has 1 aliphatic heterocycles. The monoisotopic (exact) mass is 612 g/mol. The SMILES string of the molecule is CC1C2CC(C(=O)O)C(C2)C1C.CC1C2CC(C1C)C1(CCOC1=O)C2.CCC1(OC(=O)C2CC3CC2CC3C)CCCC1. The first-order valence-corrected chi connectivity index (χ1v) is 18.5. The summed E-state index contributed by atoms with van der Waals surface area (Å²) in [6, 6.07) is 0. The van der Waals surface area contributed by atoms with Crippen molar-refractivity contribution in [2.45, 2.75) is 131 Å². The van der Waals surface area contributed by atoms with Gasteiger partial charge in [-0.1, -0.05) is 41.5 Å². The maximum atomic E-state index is 12.4. The molecule has 44 heavy (non-hydrogen) atoms. The van der Waals surface area contributed by atoms with E-state index in [9.17, 15) is 14.4 Å². The summed E-state index contributed by atoms with van der Waals surface area (Å²) >= 11 is 0. The Labute approximate surface area is 266 Å². The molecule has 8 fully saturated rings. The number of carbonyl (C=O) groups excluding carboxylic acids is 2. The molecule has 14 atom stereocenters. The Morgan fingerprint density at radius 3 is 1.95 bits per heavy atom. The van der Waals surface area contributed by atoms with E-state index in [0.717, 1.165) is 80.5 Å². The second-order valence-corrected chi connectivity index (χ2v) is 17.1. The minimum atomic E-state index is -0.568. The van der Waals surface area contributed by atoms with Crippen LogP contribution in [-0.4, -0.2) is 35.2 Å². The number of carboxylic acid groups (broad SMARTS) is 1. The molecule has 1 saturated heterocycles. The number of hydrogen-bond acceptors (Lipinski definition) is 5. The van der Waals surface area contributed by atoms with Crippen molar-refractivity contribution in [2.75, 3.05) is 6.61 Å². The molecule has 0 amide bonds. The van der Waals surface area contributed by atoms with E-state index in [1.165, 1.54) is 38.5 Å². The van der Waals surface area contributed by atoms with E-state index >= 15 is 0 Å². The lowest BCUT2D eigenvalue weighted by atomic mass is 9.65. The van der Waals surface area contributed by atoms with Crippen molar-refractivity contribution in [2.24, 2.45) is 82.3 Å². The van der Waals surface area contributed by atoms with Crippen molar-refractivity contribution in [3.05, 3.63) is 0 Å².